The third kappa shape index (κ3) is 3.44. The second-order valence-electron chi connectivity index (χ2n) is 6.43. The first-order chi connectivity index (χ1) is 12.3. The first-order valence-electron chi connectivity index (χ1n) is 8.79. The summed E-state index contributed by atoms with van der Waals surface area (Å²) in [6.45, 7) is 2.61. The van der Waals surface area contributed by atoms with E-state index in [4.69, 9.17) is 4.74 Å². The third-order valence-corrected chi connectivity index (χ3v) is 4.84. The minimum absolute atomic E-state index is 0.0219. The lowest BCUT2D eigenvalue weighted by Gasteiger charge is -2.33. The van der Waals surface area contributed by atoms with Crippen molar-refractivity contribution in [1.29, 1.82) is 0 Å². The predicted molar refractivity (Wildman–Crippen MR) is 98.3 cm³/mol. The molecule has 4 rings (SSSR count). The molecule has 1 atom stereocenters. The van der Waals surface area contributed by atoms with Gasteiger partial charge in [-0.3, -0.25) is 4.79 Å². The van der Waals surface area contributed by atoms with Gasteiger partial charge in [-0.15, -0.1) is 0 Å². The van der Waals surface area contributed by atoms with E-state index in [9.17, 15) is 4.79 Å². The van der Waals surface area contributed by atoms with E-state index >= 15 is 0 Å². The van der Waals surface area contributed by atoms with Gasteiger partial charge in [-0.25, -0.2) is 0 Å². The van der Waals surface area contributed by atoms with Gasteiger partial charge in [0, 0.05) is 31.2 Å². The highest BCUT2D eigenvalue weighted by Gasteiger charge is 2.25. The fourth-order valence-electron chi connectivity index (χ4n) is 3.45. The van der Waals surface area contributed by atoms with Gasteiger partial charge in [0.1, 0.15) is 6.10 Å². The van der Waals surface area contributed by atoms with E-state index in [0.717, 1.165) is 5.56 Å². The summed E-state index contributed by atoms with van der Waals surface area (Å²) in [6.07, 6.45) is 2.55. The Morgan fingerprint density at radius 3 is 2.72 bits per heavy atom. The number of carbonyl (C=O) groups excluding carboxylic acids is 1. The molecule has 2 heterocycles. The number of hydrogen-bond donors (Lipinski definition) is 0. The lowest BCUT2D eigenvalue weighted by Crippen LogP contribution is -2.42. The molecule has 0 spiro atoms. The molecule has 3 aromatic rings. The maximum absolute atomic E-state index is 12.7. The molecule has 25 heavy (non-hydrogen) atoms. The Bertz CT molecular complexity index is 856. The predicted octanol–water partition coefficient (Wildman–Crippen LogP) is 3.63. The summed E-state index contributed by atoms with van der Waals surface area (Å²) in [4.78, 5) is 14.6. The van der Waals surface area contributed by atoms with E-state index in [-0.39, 0.29) is 12.0 Å². The number of rotatable bonds is 4. The molecular formula is C21H22N2O2. The van der Waals surface area contributed by atoms with Crippen molar-refractivity contribution < 1.29 is 9.53 Å². The zero-order valence-electron chi connectivity index (χ0n) is 14.2. The fourth-order valence-corrected chi connectivity index (χ4v) is 3.45. The molecule has 4 heteroatoms. The fraction of sp³-hybridized carbons (Fsp3) is 0.286. The van der Waals surface area contributed by atoms with Crippen molar-refractivity contribution in [2.75, 3.05) is 19.7 Å². The Labute approximate surface area is 147 Å². The topological polar surface area (TPSA) is 34.5 Å². The van der Waals surface area contributed by atoms with Crippen LogP contribution in [0.2, 0.25) is 0 Å². The van der Waals surface area contributed by atoms with Gasteiger partial charge in [0.2, 0.25) is 5.91 Å². The van der Waals surface area contributed by atoms with Gasteiger partial charge >= 0.3 is 0 Å². The quantitative estimate of drug-likeness (QED) is 0.730. The first kappa shape index (κ1) is 15.9. The molecule has 128 valence electrons. The van der Waals surface area contributed by atoms with Gasteiger partial charge in [-0.1, -0.05) is 48.5 Å². The number of ether oxygens (including phenoxy) is 1. The molecule has 1 saturated heterocycles. The van der Waals surface area contributed by atoms with Crippen molar-refractivity contribution in [2.24, 2.45) is 0 Å². The molecule has 0 aliphatic carbocycles. The van der Waals surface area contributed by atoms with Gasteiger partial charge < -0.3 is 14.2 Å². The molecule has 1 aliphatic rings. The van der Waals surface area contributed by atoms with Crippen LogP contribution in [-0.2, 0) is 16.1 Å². The number of aromatic nitrogens is 1. The van der Waals surface area contributed by atoms with Crippen molar-refractivity contribution in [2.45, 2.75) is 19.1 Å². The first-order valence-corrected chi connectivity index (χ1v) is 8.79. The zero-order chi connectivity index (χ0) is 17.1. The van der Waals surface area contributed by atoms with Crippen molar-refractivity contribution in [3.8, 4) is 0 Å². The number of hydrogen-bond acceptors (Lipinski definition) is 2. The standard InChI is InChI=1S/C21H22N2O2/c24-21(11-13-22-12-10-17-6-4-5-9-19(17)22)23-14-15-25-20(16-23)18-7-2-1-3-8-18/h1-10,12,20H,11,13-16H2/t20-/m1/s1. The second kappa shape index (κ2) is 7.11. The minimum Gasteiger partial charge on any atom is -0.370 e. The van der Waals surface area contributed by atoms with Crippen molar-refractivity contribution in [3.63, 3.8) is 0 Å². The van der Waals surface area contributed by atoms with Crippen LogP contribution in [0.4, 0.5) is 0 Å². The number of para-hydroxylation sites is 1. The van der Waals surface area contributed by atoms with Crippen LogP contribution in [0.15, 0.2) is 66.9 Å². The van der Waals surface area contributed by atoms with Gasteiger partial charge in [0.15, 0.2) is 0 Å². The molecule has 0 bridgehead atoms. The van der Waals surface area contributed by atoms with Crippen LogP contribution >= 0.6 is 0 Å². The molecule has 1 aliphatic heterocycles. The number of carbonyl (C=O) groups is 1. The Kier molecular flexibility index (Phi) is 4.53. The number of morpholine rings is 1. The summed E-state index contributed by atoms with van der Waals surface area (Å²) < 4.78 is 8.01. The van der Waals surface area contributed by atoms with Crippen molar-refractivity contribution in [3.05, 3.63) is 72.4 Å². The normalized spacial score (nSPS) is 17.8. The van der Waals surface area contributed by atoms with Gasteiger partial charge in [0.25, 0.3) is 0 Å². The van der Waals surface area contributed by atoms with Gasteiger partial charge in [-0.05, 0) is 23.1 Å². The summed E-state index contributed by atoms with van der Waals surface area (Å²) in [5, 5.41) is 1.21. The highest BCUT2D eigenvalue weighted by molar-refractivity contribution is 5.80. The number of amides is 1. The average Bonchev–Trinajstić information content (AvgIpc) is 3.10. The van der Waals surface area contributed by atoms with Crippen LogP contribution in [0.5, 0.6) is 0 Å². The minimum atomic E-state index is -0.0219. The van der Waals surface area contributed by atoms with Crippen LogP contribution in [-0.4, -0.2) is 35.1 Å². The molecule has 0 saturated carbocycles. The van der Waals surface area contributed by atoms with Crippen LogP contribution in [0.3, 0.4) is 0 Å². The molecule has 0 radical (unpaired) electrons. The zero-order valence-corrected chi connectivity index (χ0v) is 14.2. The summed E-state index contributed by atoms with van der Waals surface area (Å²) in [6, 6.07) is 20.5. The highest BCUT2D eigenvalue weighted by Crippen LogP contribution is 2.22. The number of fused-ring (bicyclic) bond motifs is 1. The summed E-state index contributed by atoms with van der Waals surface area (Å²) in [5.74, 6) is 0.196. The summed E-state index contributed by atoms with van der Waals surface area (Å²) in [5.41, 5.74) is 2.32. The Morgan fingerprint density at radius 1 is 1.04 bits per heavy atom. The summed E-state index contributed by atoms with van der Waals surface area (Å²) >= 11 is 0. The second-order valence-corrected chi connectivity index (χ2v) is 6.43. The Morgan fingerprint density at radius 2 is 1.84 bits per heavy atom. The molecule has 0 unspecified atom stereocenters. The largest absolute Gasteiger partial charge is 0.370 e. The van der Waals surface area contributed by atoms with Crippen LogP contribution in [0, 0.1) is 0 Å². The molecule has 1 fully saturated rings. The highest BCUT2D eigenvalue weighted by atomic mass is 16.5. The molecule has 4 nitrogen and oxygen atoms in total. The van der Waals surface area contributed by atoms with Crippen LogP contribution in [0.1, 0.15) is 18.1 Å². The van der Waals surface area contributed by atoms with E-state index in [0.29, 0.717) is 32.7 Å². The number of nitrogens with zero attached hydrogens (tertiary/aromatic N) is 2. The average molecular weight is 334 g/mol. The molecule has 1 amide bonds. The van der Waals surface area contributed by atoms with E-state index in [1.165, 1.54) is 10.9 Å². The van der Waals surface area contributed by atoms with E-state index in [2.05, 4.69) is 41.1 Å². The molecule has 2 aromatic carbocycles. The van der Waals surface area contributed by atoms with Crippen LogP contribution < -0.4 is 0 Å². The van der Waals surface area contributed by atoms with Crippen LogP contribution in [0.25, 0.3) is 10.9 Å². The van der Waals surface area contributed by atoms with E-state index in [1.807, 2.05) is 35.2 Å². The lowest BCUT2D eigenvalue weighted by molar-refractivity contribution is -0.139. The Balaban J connectivity index is 1.39. The third-order valence-electron chi connectivity index (χ3n) is 4.84. The van der Waals surface area contributed by atoms with Crippen molar-refractivity contribution >= 4 is 16.8 Å². The maximum atomic E-state index is 12.7. The van der Waals surface area contributed by atoms with Gasteiger partial charge in [-0.2, -0.15) is 0 Å². The van der Waals surface area contributed by atoms with Gasteiger partial charge in [0.05, 0.1) is 13.2 Å². The maximum Gasteiger partial charge on any atom is 0.224 e. The molecule has 0 N–H and O–H groups in total. The summed E-state index contributed by atoms with van der Waals surface area (Å²) in [7, 11) is 0. The Hall–Kier alpha value is -2.59. The molecule has 1 aromatic heterocycles. The van der Waals surface area contributed by atoms with E-state index in [1.54, 1.807) is 0 Å². The van der Waals surface area contributed by atoms with Crippen molar-refractivity contribution in [1.82, 2.24) is 9.47 Å². The SMILES string of the molecule is O=C(CCn1ccc2ccccc21)N1CCO[C@@H](c2ccccc2)C1. The number of benzene rings is 2. The molecular weight excluding hydrogens is 312 g/mol. The number of aryl methyl sites for hydroxylation is 1. The monoisotopic (exact) mass is 334 g/mol. The smallest absolute Gasteiger partial charge is 0.224 e. The lowest BCUT2D eigenvalue weighted by atomic mass is 10.1. The van der Waals surface area contributed by atoms with E-state index < -0.39 is 0 Å².